The predicted molar refractivity (Wildman–Crippen MR) is 75.2 cm³/mol. The molecule has 0 saturated carbocycles. The second-order valence-corrected chi connectivity index (χ2v) is 4.02. The van der Waals surface area contributed by atoms with Crippen molar-refractivity contribution in [2.75, 3.05) is 17.2 Å². The first-order valence-electron chi connectivity index (χ1n) is 6.21. The standard InChI is InChI=1S/C14H16N4O/c1-2-7-16-13-12(4-3-8-17-13)14(19)18-11-5-9-15-10-6-11/h3-6,8-10H,2,7H2,1H3,(H,16,17)(H,15,18,19). The van der Waals surface area contributed by atoms with Crippen LogP contribution in [0.1, 0.15) is 23.7 Å². The number of anilines is 2. The Kier molecular flexibility index (Phi) is 4.44. The third-order valence-corrected chi connectivity index (χ3v) is 2.53. The summed E-state index contributed by atoms with van der Waals surface area (Å²) in [5.41, 5.74) is 1.25. The topological polar surface area (TPSA) is 66.9 Å². The maximum atomic E-state index is 12.2. The van der Waals surface area contributed by atoms with E-state index >= 15 is 0 Å². The molecular formula is C14H16N4O. The molecule has 5 nitrogen and oxygen atoms in total. The van der Waals surface area contributed by atoms with E-state index in [0.29, 0.717) is 17.1 Å². The summed E-state index contributed by atoms with van der Waals surface area (Å²) in [5, 5.41) is 5.96. The molecule has 0 aliphatic heterocycles. The quantitative estimate of drug-likeness (QED) is 0.862. The molecule has 0 fully saturated rings. The van der Waals surface area contributed by atoms with Crippen molar-refractivity contribution in [3.05, 3.63) is 48.4 Å². The highest BCUT2D eigenvalue weighted by molar-refractivity contribution is 6.07. The summed E-state index contributed by atoms with van der Waals surface area (Å²) in [6.45, 7) is 2.85. The molecule has 2 aromatic rings. The summed E-state index contributed by atoms with van der Waals surface area (Å²) in [4.78, 5) is 20.3. The van der Waals surface area contributed by atoms with Gasteiger partial charge in [-0.3, -0.25) is 9.78 Å². The number of pyridine rings is 2. The first-order valence-corrected chi connectivity index (χ1v) is 6.21. The van der Waals surface area contributed by atoms with E-state index in [0.717, 1.165) is 13.0 Å². The summed E-state index contributed by atoms with van der Waals surface area (Å²) in [7, 11) is 0. The van der Waals surface area contributed by atoms with Crippen LogP contribution in [0.5, 0.6) is 0 Å². The summed E-state index contributed by atoms with van der Waals surface area (Å²) in [5.74, 6) is 0.425. The molecule has 0 aliphatic rings. The Morgan fingerprint density at radius 1 is 1.21 bits per heavy atom. The predicted octanol–water partition coefficient (Wildman–Crippen LogP) is 2.55. The van der Waals surface area contributed by atoms with E-state index in [9.17, 15) is 4.79 Å². The molecule has 0 bridgehead atoms. The Morgan fingerprint density at radius 3 is 2.74 bits per heavy atom. The normalized spacial score (nSPS) is 9.95. The van der Waals surface area contributed by atoms with Gasteiger partial charge in [-0.1, -0.05) is 6.92 Å². The SMILES string of the molecule is CCCNc1ncccc1C(=O)Nc1ccncc1. The second kappa shape index (κ2) is 6.49. The highest BCUT2D eigenvalue weighted by Crippen LogP contribution is 2.14. The lowest BCUT2D eigenvalue weighted by atomic mass is 10.2. The van der Waals surface area contributed by atoms with Crippen LogP contribution in [0.3, 0.4) is 0 Å². The van der Waals surface area contributed by atoms with Crippen molar-refractivity contribution in [1.29, 1.82) is 0 Å². The van der Waals surface area contributed by atoms with Crippen molar-refractivity contribution < 1.29 is 4.79 Å². The van der Waals surface area contributed by atoms with Crippen LogP contribution in [0.25, 0.3) is 0 Å². The molecule has 0 aromatic carbocycles. The van der Waals surface area contributed by atoms with E-state index in [1.54, 1.807) is 42.9 Å². The maximum absolute atomic E-state index is 12.2. The van der Waals surface area contributed by atoms with Crippen molar-refractivity contribution in [3.63, 3.8) is 0 Å². The number of hydrogen-bond donors (Lipinski definition) is 2. The van der Waals surface area contributed by atoms with Crippen LogP contribution in [-0.4, -0.2) is 22.4 Å². The van der Waals surface area contributed by atoms with Gasteiger partial charge in [-0.2, -0.15) is 0 Å². The third kappa shape index (κ3) is 3.51. The largest absolute Gasteiger partial charge is 0.369 e. The van der Waals surface area contributed by atoms with Crippen molar-refractivity contribution >= 4 is 17.4 Å². The zero-order valence-electron chi connectivity index (χ0n) is 10.8. The monoisotopic (exact) mass is 256 g/mol. The zero-order chi connectivity index (χ0) is 13.5. The molecule has 0 aliphatic carbocycles. The van der Waals surface area contributed by atoms with Gasteiger partial charge in [0, 0.05) is 30.8 Å². The van der Waals surface area contributed by atoms with Gasteiger partial charge in [0.05, 0.1) is 5.56 Å². The highest BCUT2D eigenvalue weighted by atomic mass is 16.1. The van der Waals surface area contributed by atoms with Crippen molar-refractivity contribution in [3.8, 4) is 0 Å². The van der Waals surface area contributed by atoms with Gasteiger partial charge in [-0.05, 0) is 30.7 Å². The lowest BCUT2D eigenvalue weighted by Crippen LogP contribution is -2.16. The second-order valence-electron chi connectivity index (χ2n) is 4.02. The van der Waals surface area contributed by atoms with Crippen LogP contribution in [0.2, 0.25) is 0 Å². The molecular weight excluding hydrogens is 240 g/mol. The lowest BCUT2D eigenvalue weighted by molar-refractivity contribution is 0.102. The number of nitrogens with zero attached hydrogens (tertiary/aromatic N) is 2. The average molecular weight is 256 g/mol. The number of nitrogens with one attached hydrogen (secondary N) is 2. The van der Waals surface area contributed by atoms with Gasteiger partial charge in [0.25, 0.3) is 5.91 Å². The first kappa shape index (κ1) is 13.0. The number of hydrogen-bond acceptors (Lipinski definition) is 4. The van der Waals surface area contributed by atoms with E-state index in [4.69, 9.17) is 0 Å². The summed E-state index contributed by atoms with van der Waals surface area (Å²) >= 11 is 0. The van der Waals surface area contributed by atoms with Gasteiger partial charge in [0.15, 0.2) is 0 Å². The van der Waals surface area contributed by atoms with E-state index < -0.39 is 0 Å². The van der Waals surface area contributed by atoms with Gasteiger partial charge < -0.3 is 10.6 Å². The summed E-state index contributed by atoms with van der Waals surface area (Å²) in [6, 6.07) is 6.99. The van der Waals surface area contributed by atoms with Crippen LogP contribution < -0.4 is 10.6 Å². The molecule has 2 N–H and O–H groups in total. The van der Waals surface area contributed by atoms with E-state index in [-0.39, 0.29) is 5.91 Å². The molecule has 2 aromatic heterocycles. The van der Waals surface area contributed by atoms with Gasteiger partial charge in [0.1, 0.15) is 5.82 Å². The molecule has 1 amide bonds. The fourth-order valence-corrected chi connectivity index (χ4v) is 1.61. The van der Waals surface area contributed by atoms with Crippen LogP contribution in [0, 0.1) is 0 Å². The van der Waals surface area contributed by atoms with E-state index in [1.807, 2.05) is 0 Å². The Hall–Kier alpha value is -2.43. The molecule has 0 unspecified atom stereocenters. The Balaban J connectivity index is 2.14. The maximum Gasteiger partial charge on any atom is 0.259 e. The lowest BCUT2D eigenvalue weighted by Gasteiger charge is -2.10. The van der Waals surface area contributed by atoms with Crippen molar-refractivity contribution in [1.82, 2.24) is 9.97 Å². The number of amides is 1. The molecule has 0 atom stereocenters. The molecule has 98 valence electrons. The van der Waals surface area contributed by atoms with E-state index in [2.05, 4.69) is 27.5 Å². The van der Waals surface area contributed by atoms with Gasteiger partial charge >= 0.3 is 0 Å². The number of aromatic nitrogens is 2. The number of rotatable bonds is 5. The van der Waals surface area contributed by atoms with Crippen LogP contribution in [-0.2, 0) is 0 Å². The Labute approximate surface area is 112 Å². The molecule has 0 saturated heterocycles. The van der Waals surface area contributed by atoms with Gasteiger partial charge in [-0.25, -0.2) is 4.98 Å². The third-order valence-electron chi connectivity index (χ3n) is 2.53. The fraction of sp³-hybridized carbons (Fsp3) is 0.214. The number of carbonyl (C=O) groups excluding carboxylic acids is 1. The average Bonchev–Trinajstić information content (AvgIpc) is 2.46. The van der Waals surface area contributed by atoms with Crippen LogP contribution in [0.4, 0.5) is 11.5 Å². The minimum absolute atomic E-state index is 0.182. The smallest absolute Gasteiger partial charge is 0.259 e. The Bertz CT molecular complexity index is 542. The molecule has 2 heterocycles. The fourth-order valence-electron chi connectivity index (χ4n) is 1.61. The first-order chi connectivity index (χ1) is 9.31. The van der Waals surface area contributed by atoms with Crippen LogP contribution in [0.15, 0.2) is 42.9 Å². The summed E-state index contributed by atoms with van der Waals surface area (Å²) < 4.78 is 0. The summed E-state index contributed by atoms with van der Waals surface area (Å²) in [6.07, 6.45) is 5.91. The zero-order valence-corrected chi connectivity index (χ0v) is 10.8. The molecule has 0 spiro atoms. The van der Waals surface area contributed by atoms with Gasteiger partial charge in [0.2, 0.25) is 0 Å². The molecule has 5 heteroatoms. The van der Waals surface area contributed by atoms with Crippen molar-refractivity contribution in [2.45, 2.75) is 13.3 Å². The van der Waals surface area contributed by atoms with E-state index in [1.165, 1.54) is 0 Å². The Morgan fingerprint density at radius 2 is 2.00 bits per heavy atom. The van der Waals surface area contributed by atoms with Crippen LogP contribution >= 0.6 is 0 Å². The minimum Gasteiger partial charge on any atom is -0.369 e. The van der Waals surface area contributed by atoms with Crippen molar-refractivity contribution in [2.24, 2.45) is 0 Å². The molecule has 2 rings (SSSR count). The number of carbonyl (C=O) groups is 1. The minimum atomic E-state index is -0.182. The van der Waals surface area contributed by atoms with Gasteiger partial charge in [-0.15, -0.1) is 0 Å². The molecule has 0 radical (unpaired) electrons. The highest BCUT2D eigenvalue weighted by Gasteiger charge is 2.11. The molecule has 19 heavy (non-hydrogen) atoms.